The molecule has 1 fully saturated rings. The second-order valence-electron chi connectivity index (χ2n) is 7.58. The fraction of sp³-hybridized carbons (Fsp3) is 0.450. The molecule has 5 nitrogen and oxygen atoms in total. The molecule has 28 heavy (non-hydrogen) atoms. The van der Waals surface area contributed by atoms with Gasteiger partial charge in [0, 0.05) is 26.6 Å². The molecule has 0 amide bonds. The number of hydrogen-bond donors (Lipinski definition) is 1. The molecule has 1 aromatic carbocycles. The lowest BCUT2D eigenvalue weighted by atomic mass is 9.90. The quantitative estimate of drug-likeness (QED) is 0.758. The Bertz CT molecular complexity index is 929. The van der Waals surface area contributed by atoms with Crippen molar-refractivity contribution < 1.29 is 18.0 Å². The lowest BCUT2D eigenvalue weighted by molar-refractivity contribution is -0.160. The van der Waals surface area contributed by atoms with Gasteiger partial charge in [-0.1, -0.05) is 31.2 Å². The molecule has 3 rings (SSSR count). The Balaban J connectivity index is 1.74. The predicted octanol–water partition coefficient (Wildman–Crippen LogP) is 3.81. The molecule has 0 bridgehead atoms. The Morgan fingerprint density at radius 2 is 1.86 bits per heavy atom. The van der Waals surface area contributed by atoms with Gasteiger partial charge in [-0.25, -0.2) is 4.98 Å². The van der Waals surface area contributed by atoms with Gasteiger partial charge in [-0.15, -0.1) is 0 Å². The van der Waals surface area contributed by atoms with Gasteiger partial charge in [0.2, 0.25) is 5.95 Å². The van der Waals surface area contributed by atoms with E-state index < -0.39 is 17.2 Å². The van der Waals surface area contributed by atoms with E-state index in [4.69, 9.17) is 0 Å². The van der Waals surface area contributed by atoms with Crippen molar-refractivity contribution in [1.82, 2.24) is 9.97 Å². The summed E-state index contributed by atoms with van der Waals surface area (Å²) in [6, 6.07) is 7.47. The van der Waals surface area contributed by atoms with Crippen LogP contribution in [0.5, 0.6) is 0 Å². The highest BCUT2D eigenvalue weighted by Gasteiger charge is 2.64. The van der Waals surface area contributed by atoms with Crippen molar-refractivity contribution >= 4 is 11.7 Å². The molecular weight excluding hydrogens is 371 g/mol. The summed E-state index contributed by atoms with van der Waals surface area (Å²) in [6.45, 7) is 1.82. The zero-order chi connectivity index (χ0) is 20.7. The van der Waals surface area contributed by atoms with Gasteiger partial charge in [-0.05, 0) is 29.9 Å². The molecule has 0 spiro atoms. The summed E-state index contributed by atoms with van der Waals surface area (Å²) in [5.74, 6) is -0.221. The molecule has 1 saturated carbocycles. The monoisotopic (exact) mass is 393 g/mol. The number of Topliss-reactive ketones (excluding diaryl/α,β-unsaturated/α-hetero) is 1. The van der Waals surface area contributed by atoms with Crippen molar-refractivity contribution in [2.75, 3.05) is 19.0 Å². The number of H-pyrrole nitrogens is 1. The number of nitrogens with zero attached hydrogens (tertiary/aromatic N) is 2. The van der Waals surface area contributed by atoms with Crippen molar-refractivity contribution in [3.63, 3.8) is 0 Å². The van der Waals surface area contributed by atoms with Crippen LogP contribution >= 0.6 is 0 Å². The minimum absolute atomic E-state index is 0.0740. The first-order valence-electron chi connectivity index (χ1n) is 9.02. The van der Waals surface area contributed by atoms with Crippen LogP contribution in [0.4, 0.5) is 19.1 Å². The number of ketones is 1. The van der Waals surface area contributed by atoms with Gasteiger partial charge < -0.3 is 4.90 Å². The number of anilines is 1. The zero-order valence-electron chi connectivity index (χ0n) is 15.9. The Hall–Kier alpha value is -2.64. The second-order valence-corrected chi connectivity index (χ2v) is 7.58. The summed E-state index contributed by atoms with van der Waals surface area (Å²) in [6.07, 6.45) is -3.90. The third-order valence-corrected chi connectivity index (χ3v) is 5.25. The number of aromatic nitrogens is 2. The molecule has 0 aliphatic heterocycles. The van der Waals surface area contributed by atoms with Crippen molar-refractivity contribution in [1.29, 1.82) is 0 Å². The van der Waals surface area contributed by atoms with Crippen LogP contribution in [-0.4, -0.2) is 36.0 Å². The van der Waals surface area contributed by atoms with Gasteiger partial charge in [-0.3, -0.25) is 14.6 Å². The average Bonchev–Trinajstić information content (AvgIpc) is 3.43. The highest BCUT2D eigenvalue weighted by molar-refractivity contribution is 5.94. The summed E-state index contributed by atoms with van der Waals surface area (Å²) >= 11 is 0. The van der Waals surface area contributed by atoms with Crippen LogP contribution in [0.25, 0.3) is 0 Å². The number of benzene rings is 1. The van der Waals surface area contributed by atoms with Crippen LogP contribution < -0.4 is 10.5 Å². The van der Waals surface area contributed by atoms with Crippen molar-refractivity contribution in [3.8, 4) is 0 Å². The van der Waals surface area contributed by atoms with E-state index in [2.05, 4.69) is 9.97 Å². The fourth-order valence-electron chi connectivity index (χ4n) is 3.29. The van der Waals surface area contributed by atoms with Crippen LogP contribution in [0.3, 0.4) is 0 Å². The molecule has 8 heteroatoms. The Morgan fingerprint density at radius 1 is 1.25 bits per heavy atom. The first-order valence-corrected chi connectivity index (χ1v) is 9.02. The summed E-state index contributed by atoms with van der Waals surface area (Å²) < 4.78 is 39.7. The van der Waals surface area contributed by atoms with Gasteiger partial charge in [0.1, 0.15) is 5.69 Å². The molecule has 1 aromatic heterocycles. The largest absolute Gasteiger partial charge is 0.398 e. The number of carbonyl (C=O) groups is 1. The molecule has 1 N–H and O–H groups in total. The molecule has 2 aromatic rings. The van der Waals surface area contributed by atoms with Crippen molar-refractivity contribution in [3.05, 3.63) is 57.5 Å². The van der Waals surface area contributed by atoms with Gasteiger partial charge >= 0.3 is 6.18 Å². The van der Waals surface area contributed by atoms with E-state index in [0.29, 0.717) is 0 Å². The van der Waals surface area contributed by atoms with Gasteiger partial charge in [0.25, 0.3) is 5.56 Å². The molecule has 1 atom stereocenters. The molecule has 0 saturated heterocycles. The number of halogens is 3. The molecule has 1 heterocycles. The lowest BCUT2D eigenvalue weighted by Crippen LogP contribution is -2.28. The Morgan fingerprint density at radius 3 is 2.36 bits per heavy atom. The summed E-state index contributed by atoms with van der Waals surface area (Å²) in [4.78, 5) is 32.6. The number of alkyl halides is 3. The first-order chi connectivity index (χ1) is 13.0. The Labute approximate surface area is 160 Å². The topological polar surface area (TPSA) is 66.1 Å². The average molecular weight is 393 g/mol. The van der Waals surface area contributed by atoms with Gasteiger partial charge in [0.05, 0.1) is 5.41 Å². The second kappa shape index (κ2) is 7.07. The van der Waals surface area contributed by atoms with E-state index >= 15 is 0 Å². The summed E-state index contributed by atoms with van der Waals surface area (Å²) in [7, 11) is 3.40. The number of aromatic amines is 1. The summed E-state index contributed by atoms with van der Waals surface area (Å²) in [5, 5.41) is 0. The molecule has 1 aliphatic carbocycles. The van der Waals surface area contributed by atoms with Crippen LogP contribution in [0.15, 0.2) is 35.1 Å². The van der Waals surface area contributed by atoms with Crippen LogP contribution in [0, 0.1) is 0 Å². The minimum Gasteiger partial charge on any atom is -0.348 e. The maximum atomic E-state index is 13.2. The number of carbonyl (C=O) groups excluding carboxylic acids is 1. The molecule has 0 radical (unpaired) electrons. The van der Waals surface area contributed by atoms with Crippen molar-refractivity contribution in [2.24, 2.45) is 0 Å². The zero-order valence-corrected chi connectivity index (χ0v) is 15.9. The van der Waals surface area contributed by atoms with E-state index in [0.717, 1.165) is 11.6 Å². The van der Waals surface area contributed by atoms with E-state index in [1.165, 1.54) is 12.1 Å². The molecular formula is C20H22F3N3O2. The SMILES string of the molecule is CC(CC(=O)c1cc(=O)[nH]c(N(C)C)n1)c1ccc(C2(C(F)(F)F)CC2)cc1. The number of hydrogen-bond acceptors (Lipinski definition) is 4. The van der Waals surface area contributed by atoms with Crippen LogP contribution in [0.1, 0.15) is 53.7 Å². The third-order valence-electron chi connectivity index (χ3n) is 5.25. The molecule has 1 aliphatic rings. The minimum atomic E-state index is -4.24. The maximum absolute atomic E-state index is 13.2. The van der Waals surface area contributed by atoms with Crippen LogP contribution in [0.2, 0.25) is 0 Å². The normalized spacial score (nSPS) is 16.5. The van der Waals surface area contributed by atoms with E-state index in [1.54, 1.807) is 31.1 Å². The third kappa shape index (κ3) is 3.81. The predicted molar refractivity (Wildman–Crippen MR) is 100.0 cm³/mol. The number of rotatable bonds is 6. The Kier molecular flexibility index (Phi) is 5.08. The molecule has 1 unspecified atom stereocenters. The van der Waals surface area contributed by atoms with Crippen molar-refractivity contribution in [2.45, 2.75) is 43.7 Å². The van der Waals surface area contributed by atoms with Gasteiger partial charge in [0.15, 0.2) is 5.78 Å². The van der Waals surface area contributed by atoms with E-state index in [9.17, 15) is 22.8 Å². The maximum Gasteiger partial charge on any atom is 0.398 e. The van der Waals surface area contributed by atoms with Crippen LogP contribution in [-0.2, 0) is 5.41 Å². The van der Waals surface area contributed by atoms with Gasteiger partial charge in [-0.2, -0.15) is 13.2 Å². The van der Waals surface area contributed by atoms with E-state index in [-0.39, 0.29) is 48.2 Å². The lowest BCUT2D eigenvalue weighted by Gasteiger charge is -2.20. The number of nitrogens with one attached hydrogen (secondary N) is 1. The summed E-state index contributed by atoms with van der Waals surface area (Å²) in [5.41, 5.74) is -1.00. The van der Waals surface area contributed by atoms with E-state index in [1.807, 2.05) is 6.92 Å². The highest BCUT2D eigenvalue weighted by Crippen LogP contribution is 2.58. The smallest absolute Gasteiger partial charge is 0.348 e. The highest BCUT2D eigenvalue weighted by atomic mass is 19.4. The fourth-order valence-corrected chi connectivity index (χ4v) is 3.29. The standard InChI is InChI=1S/C20H22F3N3O2/c1-12(10-16(27)15-11-17(28)25-18(24-15)26(2)3)13-4-6-14(7-5-13)19(8-9-19)20(21,22)23/h4-7,11-12H,8-10H2,1-3H3,(H,24,25,28). The first kappa shape index (κ1) is 20.1. The molecule has 150 valence electrons.